The quantitative estimate of drug-likeness (QED) is 0.114. The molecule has 2 unspecified atom stereocenters. The molecule has 0 saturated carbocycles. The number of aliphatic hydroxyl groups is 2. The van der Waals surface area contributed by atoms with E-state index in [-0.39, 0.29) is 28.7 Å². The molecule has 0 spiro atoms. The van der Waals surface area contributed by atoms with Gasteiger partial charge in [0, 0.05) is 12.8 Å². The van der Waals surface area contributed by atoms with Gasteiger partial charge in [-0.2, -0.15) is 9.97 Å². The van der Waals surface area contributed by atoms with E-state index < -0.39 is 73.5 Å². The van der Waals surface area contributed by atoms with Crippen molar-refractivity contribution in [3.63, 3.8) is 0 Å². The number of nitrogens with two attached hydrogens (primary N) is 1. The van der Waals surface area contributed by atoms with Crippen molar-refractivity contribution < 1.29 is 47.9 Å². The number of aromatic nitrogens is 4. The topological polar surface area (TPSA) is 243 Å². The minimum atomic E-state index is -4.05. The van der Waals surface area contributed by atoms with Crippen LogP contribution in [0, 0.1) is 0 Å². The molecule has 2 aromatic heterocycles. The summed E-state index contributed by atoms with van der Waals surface area (Å²) in [6.45, 7) is 1.49. The van der Waals surface area contributed by atoms with Gasteiger partial charge in [0.25, 0.3) is 5.91 Å². The van der Waals surface area contributed by atoms with E-state index in [1.165, 1.54) is 38.9 Å². The van der Waals surface area contributed by atoms with Gasteiger partial charge in [0.15, 0.2) is 17.4 Å². The fourth-order valence-corrected chi connectivity index (χ4v) is 8.29. The number of anilines is 1. The number of amides is 3. The Kier molecular flexibility index (Phi) is 9.55. The molecule has 20 heteroatoms. The number of methoxy groups -OCH3 is 1. The van der Waals surface area contributed by atoms with E-state index in [4.69, 9.17) is 24.5 Å². The highest BCUT2D eigenvalue weighted by atomic mass is 32.7. The van der Waals surface area contributed by atoms with E-state index in [1.807, 2.05) is 0 Å². The number of carbonyl (C=O) groups is 3. The second-order valence-electron chi connectivity index (χ2n) is 10.4. The first kappa shape index (κ1) is 32.8. The first-order valence-corrected chi connectivity index (χ1v) is 16.3. The van der Waals surface area contributed by atoms with Gasteiger partial charge < -0.3 is 40.0 Å². The Morgan fingerprint density at radius 2 is 2.05 bits per heavy atom. The summed E-state index contributed by atoms with van der Waals surface area (Å²) in [5.41, 5.74) is 4.27. The van der Waals surface area contributed by atoms with Gasteiger partial charge in [-0.05, 0) is 27.7 Å². The lowest BCUT2D eigenvalue weighted by molar-refractivity contribution is -0.149. The van der Waals surface area contributed by atoms with E-state index >= 15 is 0 Å². The molecule has 238 valence electrons. The smallest absolute Gasteiger partial charge is 0.327 e. The number of esters is 1. The van der Waals surface area contributed by atoms with Gasteiger partial charge in [0.1, 0.15) is 29.9 Å². The molecular formula is C23H35N8O10PS. The summed E-state index contributed by atoms with van der Waals surface area (Å²) in [5.74, 6) is -1.42. The molecule has 2 saturated heterocycles. The van der Waals surface area contributed by atoms with Crippen LogP contribution < -0.4 is 20.9 Å². The minimum absolute atomic E-state index is 0.0941. The zero-order valence-corrected chi connectivity index (χ0v) is 26.0. The summed E-state index contributed by atoms with van der Waals surface area (Å²) in [7, 11) is 2.68. The van der Waals surface area contributed by atoms with Gasteiger partial charge in [-0.3, -0.25) is 23.6 Å². The van der Waals surface area contributed by atoms with Gasteiger partial charge >= 0.3 is 18.7 Å². The number of imide groups is 1. The SMILES string of the molecule is COc1nc(N)nc2c1ncn2[C@@H]1O[C@H](CO[P@@](=O)(N[C@@H](C)C(=O)OC(C)C)SCC2NC(=O)N(C)C2=O)[C@@H](O)C1(C)O. The Hall–Kier alpha value is -3.06. The average Bonchev–Trinajstić information content (AvgIpc) is 3.53. The Morgan fingerprint density at radius 1 is 1.35 bits per heavy atom. The average molecular weight is 647 g/mol. The molecule has 7 atom stereocenters. The number of hydrogen-bond acceptors (Lipinski definition) is 15. The van der Waals surface area contributed by atoms with Crippen LogP contribution in [0.15, 0.2) is 6.33 Å². The third-order valence-corrected chi connectivity index (χ3v) is 10.8. The first-order valence-electron chi connectivity index (χ1n) is 13.1. The highest BCUT2D eigenvalue weighted by molar-refractivity contribution is 8.56. The Labute approximate surface area is 250 Å². The van der Waals surface area contributed by atoms with Crippen molar-refractivity contribution in [3.05, 3.63) is 6.33 Å². The summed E-state index contributed by atoms with van der Waals surface area (Å²) in [6, 6.07) is -2.70. The van der Waals surface area contributed by atoms with Gasteiger partial charge in [-0.1, -0.05) is 11.4 Å². The number of nitrogens with zero attached hydrogens (tertiary/aromatic N) is 5. The molecular weight excluding hydrogens is 611 g/mol. The lowest BCUT2D eigenvalue weighted by Gasteiger charge is -2.27. The minimum Gasteiger partial charge on any atom is -0.479 e. The molecule has 0 radical (unpaired) electrons. The van der Waals surface area contributed by atoms with Gasteiger partial charge in [-0.15, -0.1) is 0 Å². The molecule has 2 fully saturated rings. The van der Waals surface area contributed by atoms with Crippen molar-refractivity contribution in [2.45, 2.75) is 69.9 Å². The molecule has 2 aliphatic rings. The summed E-state index contributed by atoms with van der Waals surface area (Å²) >= 11 is 0.677. The normalized spacial score (nSPS) is 27.9. The Morgan fingerprint density at radius 3 is 2.65 bits per heavy atom. The monoisotopic (exact) mass is 646 g/mol. The zero-order chi connectivity index (χ0) is 31.9. The molecule has 3 amide bonds. The summed E-state index contributed by atoms with van der Waals surface area (Å²) < 4.78 is 37.4. The number of nitrogen functional groups attached to an aromatic ring is 1. The van der Waals surface area contributed by atoms with Crippen LogP contribution in [0.4, 0.5) is 10.7 Å². The van der Waals surface area contributed by atoms with E-state index in [0.29, 0.717) is 11.4 Å². The predicted octanol–water partition coefficient (Wildman–Crippen LogP) is -0.236. The molecule has 18 nitrogen and oxygen atoms in total. The van der Waals surface area contributed by atoms with Crippen molar-refractivity contribution in [3.8, 4) is 5.88 Å². The highest BCUT2D eigenvalue weighted by Crippen LogP contribution is 2.57. The number of rotatable bonds is 12. The third kappa shape index (κ3) is 6.72. The van der Waals surface area contributed by atoms with Crippen LogP contribution in [0.5, 0.6) is 5.88 Å². The second-order valence-corrected chi connectivity index (χ2v) is 14.8. The largest absolute Gasteiger partial charge is 0.479 e. The maximum atomic E-state index is 14.0. The molecule has 4 rings (SSSR count). The highest BCUT2D eigenvalue weighted by Gasteiger charge is 2.54. The maximum absolute atomic E-state index is 14.0. The van der Waals surface area contributed by atoms with Gasteiger partial charge in [0.05, 0.1) is 26.1 Å². The van der Waals surface area contributed by atoms with Crippen LogP contribution >= 0.6 is 18.1 Å². The lowest BCUT2D eigenvalue weighted by atomic mass is 9.96. The number of hydrogen-bond donors (Lipinski definition) is 5. The molecule has 4 heterocycles. The van der Waals surface area contributed by atoms with Crippen LogP contribution in [0.25, 0.3) is 11.2 Å². The summed E-state index contributed by atoms with van der Waals surface area (Å²) in [6.07, 6.45) is -3.16. The number of ether oxygens (including phenoxy) is 3. The number of urea groups is 1. The molecule has 0 aromatic carbocycles. The van der Waals surface area contributed by atoms with Crippen LogP contribution in [0.3, 0.4) is 0 Å². The number of imidazole rings is 1. The molecule has 6 N–H and O–H groups in total. The summed E-state index contributed by atoms with van der Waals surface area (Å²) in [5, 5.41) is 27.4. The number of nitrogens with one attached hydrogen (secondary N) is 2. The van der Waals surface area contributed by atoms with Crippen LogP contribution in [-0.4, -0.2) is 115 Å². The molecule has 2 aromatic rings. The molecule has 2 aliphatic heterocycles. The van der Waals surface area contributed by atoms with Crippen LogP contribution in [-0.2, 0) is 28.2 Å². The number of likely N-dealkylation sites (N-methyl/N-ethyl adjacent to an activating group) is 1. The van der Waals surface area contributed by atoms with Gasteiger partial charge in [0.2, 0.25) is 11.8 Å². The number of fused-ring (bicyclic) bond motifs is 1. The van der Waals surface area contributed by atoms with E-state index in [0.717, 1.165) is 4.90 Å². The standard InChI is InChI=1S/C23H35N8O10PS/c1-10(2)40-19(34)11(3)29-42(37,43-8-12-18(33)30(5)22(35)26-12)39-7-13-15(32)23(4,36)20(41-13)31-9-25-14-16(31)27-21(24)28-17(14)38-6/h9-13,15,20,32,36H,7-8H2,1-6H3,(H,26,35)(H,29,37)(H2,24,27,28)/t11-,12?,13+,15+,20+,23?,42-/m0/s1. The number of carbonyl (C=O) groups excluding carboxylic acids is 3. The van der Waals surface area contributed by atoms with Crippen LogP contribution in [0.2, 0.25) is 0 Å². The van der Waals surface area contributed by atoms with E-state index in [2.05, 4.69) is 25.4 Å². The van der Waals surface area contributed by atoms with Crippen molar-refractivity contribution >= 4 is 53.1 Å². The first-order chi connectivity index (χ1) is 20.1. The molecule has 0 aliphatic carbocycles. The van der Waals surface area contributed by atoms with Crippen LogP contribution in [0.1, 0.15) is 33.9 Å². The van der Waals surface area contributed by atoms with Gasteiger partial charge in [-0.25, -0.2) is 14.9 Å². The maximum Gasteiger partial charge on any atom is 0.327 e. The zero-order valence-electron chi connectivity index (χ0n) is 24.3. The number of aliphatic hydroxyl groups excluding tert-OH is 1. The third-order valence-electron chi connectivity index (χ3n) is 6.72. The second kappa shape index (κ2) is 12.5. The predicted molar refractivity (Wildman–Crippen MR) is 152 cm³/mol. The fraction of sp³-hybridized carbons (Fsp3) is 0.652. The fourth-order valence-electron chi connectivity index (χ4n) is 4.43. The van der Waals surface area contributed by atoms with Crippen molar-refractivity contribution in [2.75, 3.05) is 32.3 Å². The van der Waals surface area contributed by atoms with E-state index in [1.54, 1.807) is 13.8 Å². The molecule has 43 heavy (non-hydrogen) atoms. The van der Waals surface area contributed by atoms with Crippen molar-refractivity contribution in [1.29, 1.82) is 0 Å². The van der Waals surface area contributed by atoms with E-state index in [9.17, 15) is 29.2 Å². The molecule has 0 bridgehead atoms. The summed E-state index contributed by atoms with van der Waals surface area (Å²) in [4.78, 5) is 49.9. The van der Waals surface area contributed by atoms with Crippen molar-refractivity contribution in [1.82, 2.24) is 34.8 Å². The Balaban J connectivity index is 1.53. The van der Waals surface area contributed by atoms with Crippen molar-refractivity contribution in [2.24, 2.45) is 0 Å². The Bertz CT molecular complexity index is 1440. The lowest BCUT2D eigenvalue weighted by Crippen LogP contribution is -2.44.